The Morgan fingerprint density at radius 2 is 1.85 bits per heavy atom. The van der Waals surface area contributed by atoms with E-state index in [0.717, 1.165) is 34.3 Å². The molecule has 4 nitrogen and oxygen atoms in total. The molecule has 0 radical (unpaired) electrons. The number of benzene rings is 2. The molecule has 1 amide bonds. The van der Waals surface area contributed by atoms with Gasteiger partial charge >= 0.3 is 0 Å². The average molecular weight is 371 g/mol. The number of carbonyl (C=O) groups excluding carboxylic acids is 1. The number of rotatable bonds is 5. The summed E-state index contributed by atoms with van der Waals surface area (Å²) >= 11 is 1.50. The van der Waals surface area contributed by atoms with E-state index in [9.17, 15) is 13.6 Å². The minimum Gasteiger partial charge on any atom is -0.329 e. The summed E-state index contributed by atoms with van der Waals surface area (Å²) in [6.07, 6.45) is 5.80. The molecule has 2 aromatic carbocycles. The third-order valence-corrected chi connectivity index (χ3v) is 4.59. The molecule has 0 spiro atoms. The number of nitrogens with one attached hydrogen (secondary N) is 1. The Labute approximate surface area is 153 Å². The van der Waals surface area contributed by atoms with Gasteiger partial charge in [0.25, 0.3) is 0 Å². The monoisotopic (exact) mass is 371 g/mol. The third kappa shape index (κ3) is 4.37. The SMILES string of the molecule is Cn1ccnc1Sc1ccc(NC(=O)/C=C/c2c(F)cccc2F)cc1. The van der Waals surface area contributed by atoms with Gasteiger partial charge in [0.2, 0.25) is 5.91 Å². The maximum Gasteiger partial charge on any atom is 0.248 e. The minimum atomic E-state index is -0.718. The van der Waals surface area contributed by atoms with Crippen molar-refractivity contribution < 1.29 is 13.6 Å². The lowest BCUT2D eigenvalue weighted by Crippen LogP contribution is -2.07. The molecule has 3 rings (SSSR count). The van der Waals surface area contributed by atoms with E-state index >= 15 is 0 Å². The van der Waals surface area contributed by atoms with Crippen LogP contribution in [-0.2, 0) is 11.8 Å². The molecule has 7 heteroatoms. The molecule has 0 atom stereocenters. The van der Waals surface area contributed by atoms with Crippen LogP contribution >= 0.6 is 11.8 Å². The Hall–Kier alpha value is -2.93. The second-order valence-corrected chi connectivity index (χ2v) is 6.45. The predicted octanol–water partition coefficient (Wildman–Crippen LogP) is 4.50. The normalized spacial score (nSPS) is 11.0. The van der Waals surface area contributed by atoms with Gasteiger partial charge in [0.1, 0.15) is 11.6 Å². The van der Waals surface area contributed by atoms with E-state index in [1.807, 2.05) is 29.9 Å². The van der Waals surface area contributed by atoms with Gasteiger partial charge in [-0.05, 0) is 42.5 Å². The number of halogens is 2. The van der Waals surface area contributed by atoms with Gasteiger partial charge in [0, 0.05) is 41.7 Å². The molecule has 26 heavy (non-hydrogen) atoms. The van der Waals surface area contributed by atoms with Gasteiger partial charge in [-0.15, -0.1) is 0 Å². The van der Waals surface area contributed by atoms with E-state index in [4.69, 9.17) is 0 Å². The van der Waals surface area contributed by atoms with Crippen LogP contribution in [0.5, 0.6) is 0 Å². The molecule has 0 bridgehead atoms. The Balaban J connectivity index is 1.63. The summed E-state index contributed by atoms with van der Waals surface area (Å²) in [5.41, 5.74) is 0.335. The predicted molar refractivity (Wildman–Crippen MR) is 97.8 cm³/mol. The Morgan fingerprint density at radius 3 is 2.46 bits per heavy atom. The largest absolute Gasteiger partial charge is 0.329 e. The molecule has 1 heterocycles. The molecule has 1 N–H and O–H groups in total. The first-order valence-corrected chi connectivity index (χ1v) is 8.53. The second kappa shape index (κ2) is 7.97. The average Bonchev–Trinajstić information content (AvgIpc) is 3.01. The van der Waals surface area contributed by atoms with Crippen LogP contribution < -0.4 is 5.32 Å². The Morgan fingerprint density at radius 1 is 1.15 bits per heavy atom. The van der Waals surface area contributed by atoms with Gasteiger partial charge < -0.3 is 9.88 Å². The molecule has 3 aromatic rings. The molecule has 1 aromatic heterocycles. The van der Waals surface area contributed by atoms with E-state index in [1.54, 1.807) is 18.3 Å². The van der Waals surface area contributed by atoms with Crippen LogP contribution in [0.25, 0.3) is 6.08 Å². The molecule has 0 unspecified atom stereocenters. The highest BCUT2D eigenvalue weighted by Gasteiger charge is 2.06. The third-order valence-electron chi connectivity index (χ3n) is 3.51. The van der Waals surface area contributed by atoms with Crippen LogP contribution in [-0.4, -0.2) is 15.5 Å². The van der Waals surface area contributed by atoms with E-state index in [-0.39, 0.29) is 5.56 Å². The molecule has 0 aliphatic rings. The van der Waals surface area contributed by atoms with Crippen LogP contribution in [0.15, 0.2) is 71.0 Å². The van der Waals surface area contributed by atoms with Gasteiger partial charge in [-0.25, -0.2) is 13.8 Å². The number of aryl methyl sites for hydroxylation is 1. The number of imidazole rings is 1. The summed E-state index contributed by atoms with van der Waals surface area (Å²) in [6.45, 7) is 0. The van der Waals surface area contributed by atoms with E-state index in [0.29, 0.717) is 5.69 Å². The zero-order valence-electron chi connectivity index (χ0n) is 13.8. The van der Waals surface area contributed by atoms with Crippen LogP contribution in [0.2, 0.25) is 0 Å². The quantitative estimate of drug-likeness (QED) is 0.672. The number of nitrogens with zero attached hydrogens (tertiary/aromatic N) is 2. The molecule has 132 valence electrons. The highest BCUT2D eigenvalue weighted by Crippen LogP contribution is 2.26. The van der Waals surface area contributed by atoms with E-state index in [1.165, 1.54) is 17.8 Å². The standard InChI is InChI=1S/C19H15F2N3OS/c1-24-12-11-22-19(24)26-14-7-5-13(6-8-14)23-18(25)10-9-15-16(20)3-2-4-17(15)21/h2-12H,1H3,(H,23,25)/b10-9+. The van der Waals surface area contributed by atoms with Crippen LogP contribution in [0.1, 0.15) is 5.56 Å². The summed E-state index contributed by atoms with van der Waals surface area (Å²) in [4.78, 5) is 17.1. The second-order valence-electron chi connectivity index (χ2n) is 5.41. The van der Waals surface area contributed by atoms with Gasteiger partial charge in [-0.2, -0.15) is 0 Å². The summed E-state index contributed by atoms with van der Waals surface area (Å²) < 4.78 is 29.0. The van der Waals surface area contributed by atoms with Crippen LogP contribution in [0, 0.1) is 11.6 Å². The van der Waals surface area contributed by atoms with Crippen molar-refractivity contribution in [2.45, 2.75) is 10.1 Å². The number of aromatic nitrogens is 2. The van der Waals surface area contributed by atoms with Crippen molar-refractivity contribution in [2.75, 3.05) is 5.32 Å². The van der Waals surface area contributed by atoms with Crippen molar-refractivity contribution >= 4 is 29.4 Å². The lowest BCUT2D eigenvalue weighted by atomic mass is 10.2. The number of amides is 1. The molecule has 0 fully saturated rings. The number of hydrogen-bond donors (Lipinski definition) is 1. The molecular weight excluding hydrogens is 356 g/mol. The maximum atomic E-state index is 13.5. The fraction of sp³-hybridized carbons (Fsp3) is 0.0526. The van der Waals surface area contributed by atoms with Crippen molar-refractivity contribution in [3.8, 4) is 0 Å². The van der Waals surface area contributed by atoms with E-state index < -0.39 is 17.5 Å². The van der Waals surface area contributed by atoms with Gasteiger partial charge in [-0.3, -0.25) is 4.79 Å². The lowest BCUT2D eigenvalue weighted by Gasteiger charge is -2.05. The highest BCUT2D eigenvalue weighted by atomic mass is 32.2. The smallest absolute Gasteiger partial charge is 0.248 e. The van der Waals surface area contributed by atoms with Crippen molar-refractivity contribution in [1.82, 2.24) is 9.55 Å². The first-order valence-electron chi connectivity index (χ1n) is 7.71. The number of carbonyl (C=O) groups is 1. The molecule has 0 saturated heterocycles. The lowest BCUT2D eigenvalue weighted by molar-refractivity contribution is -0.111. The fourth-order valence-electron chi connectivity index (χ4n) is 2.17. The summed E-state index contributed by atoms with van der Waals surface area (Å²) in [6, 6.07) is 10.8. The van der Waals surface area contributed by atoms with E-state index in [2.05, 4.69) is 10.3 Å². The van der Waals surface area contributed by atoms with Gasteiger partial charge in [0.05, 0.1) is 0 Å². The minimum absolute atomic E-state index is 0.246. The van der Waals surface area contributed by atoms with Crippen molar-refractivity contribution in [3.63, 3.8) is 0 Å². The van der Waals surface area contributed by atoms with Crippen LogP contribution in [0.4, 0.5) is 14.5 Å². The molecule has 0 aliphatic carbocycles. The summed E-state index contributed by atoms with van der Waals surface area (Å²) in [5, 5.41) is 3.51. The zero-order chi connectivity index (χ0) is 18.5. The number of hydrogen-bond acceptors (Lipinski definition) is 3. The van der Waals surface area contributed by atoms with Crippen LogP contribution in [0.3, 0.4) is 0 Å². The summed E-state index contributed by atoms with van der Waals surface area (Å²) in [5.74, 6) is -1.91. The topological polar surface area (TPSA) is 46.9 Å². The van der Waals surface area contributed by atoms with Crippen molar-refractivity contribution in [2.24, 2.45) is 7.05 Å². The highest BCUT2D eigenvalue weighted by molar-refractivity contribution is 7.99. The first kappa shape index (κ1) is 17.9. The molecule has 0 aliphatic heterocycles. The maximum absolute atomic E-state index is 13.5. The fourth-order valence-corrected chi connectivity index (χ4v) is 2.98. The van der Waals surface area contributed by atoms with Crippen molar-refractivity contribution in [1.29, 1.82) is 0 Å². The van der Waals surface area contributed by atoms with Gasteiger partial charge in [-0.1, -0.05) is 17.8 Å². The van der Waals surface area contributed by atoms with Crippen molar-refractivity contribution in [3.05, 3.63) is 78.1 Å². The summed E-state index contributed by atoms with van der Waals surface area (Å²) in [7, 11) is 1.91. The number of anilines is 1. The molecule has 0 saturated carbocycles. The molecular formula is C19H15F2N3OS. The Bertz CT molecular complexity index is 931. The first-order chi connectivity index (χ1) is 12.5. The Kier molecular flexibility index (Phi) is 5.48. The zero-order valence-corrected chi connectivity index (χ0v) is 14.6. The van der Waals surface area contributed by atoms with Gasteiger partial charge in [0.15, 0.2) is 5.16 Å².